The van der Waals surface area contributed by atoms with Gasteiger partial charge in [-0.3, -0.25) is 0 Å². The zero-order valence-corrected chi connectivity index (χ0v) is 28.2. The first-order valence-electron chi connectivity index (χ1n) is 17.0. The van der Waals surface area contributed by atoms with Gasteiger partial charge in [0.05, 0.1) is 0 Å². The number of anilines is 3. The summed E-state index contributed by atoms with van der Waals surface area (Å²) in [7, 11) is 0. The summed E-state index contributed by atoms with van der Waals surface area (Å²) in [5, 5.41) is 2.61. The number of fused-ring (bicyclic) bond motifs is 3. The molecular formula is C48H33NS. The minimum Gasteiger partial charge on any atom is -0.310 e. The zero-order valence-electron chi connectivity index (χ0n) is 27.4. The molecule has 0 saturated carbocycles. The lowest BCUT2D eigenvalue weighted by atomic mass is 9.94. The summed E-state index contributed by atoms with van der Waals surface area (Å²) in [6.07, 6.45) is 0. The first-order chi connectivity index (χ1) is 24.8. The molecule has 1 nitrogen and oxygen atoms in total. The molecule has 236 valence electrons. The minimum absolute atomic E-state index is 1.11. The Balaban J connectivity index is 1.14. The molecule has 0 amide bonds. The van der Waals surface area contributed by atoms with Crippen LogP contribution >= 0.6 is 11.3 Å². The number of rotatable bonds is 7. The zero-order chi connectivity index (χ0) is 33.3. The van der Waals surface area contributed by atoms with Gasteiger partial charge in [-0.2, -0.15) is 0 Å². The summed E-state index contributed by atoms with van der Waals surface area (Å²) in [5.41, 5.74) is 13.1. The van der Waals surface area contributed by atoms with Crippen molar-refractivity contribution in [1.82, 2.24) is 0 Å². The molecule has 0 N–H and O–H groups in total. The van der Waals surface area contributed by atoms with Crippen molar-refractivity contribution in [3.8, 4) is 44.5 Å². The van der Waals surface area contributed by atoms with Gasteiger partial charge in [-0.1, -0.05) is 158 Å². The van der Waals surface area contributed by atoms with Crippen molar-refractivity contribution >= 4 is 48.6 Å². The van der Waals surface area contributed by atoms with Crippen LogP contribution in [0.25, 0.3) is 64.7 Å². The molecule has 9 aromatic rings. The van der Waals surface area contributed by atoms with Gasteiger partial charge in [0.15, 0.2) is 0 Å². The van der Waals surface area contributed by atoms with Crippen molar-refractivity contribution in [3.63, 3.8) is 0 Å². The highest BCUT2D eigenvalue weighted by atomic mass is 32.1. The Morgan fingerprint density at radius 3 is 1.16 bits per heavy atom. The maximum Gasteiger partial charge on any atom is 0.0476 e. The van der Waals surface area contributed by atoms with Crippen molar-refractivity contribution in [2.75, 3.05) is 4.90 Å². The van der Waals surface area contributed by atoms with Crippen LogP contribution in [0.5, 0.6) is 0 Å². The topological polar surface area (TPSA) is 3.24 Å². The van der Waals surface area contributed by atoms with Crippen LogP contribution in [-0.4, -0.2) is 0 Å². The lowest BCUT2D eigenvalue weighted by Gasteiger charge is -2.26. The van der Waals surface area contributed by atoms with E-state index in [1.54, 1.807) is 0 Å². The van der Waals surface area contributed by atoms with Crippen LogP contribution in [0.1, 0.15) is 0 Å². The van der Waals surface area contributed by atoms with E-state index in [0.29, 0.717) is 0 Å². The monoisotopic (exact) mass is 655 g/mol. The van der Waals surface area contributed by atoms with Crippen LogP contribution in [0.15, 0.2) is 200 Å². The van der Waals surface area contributed by atoms with Gasteiger partial charge in [0.25, 0.3) is 0 Å². The highest BCUT2D eigenvalue weighted by Gasteiger charge is 2.17. The van der Waals surface area contributed by atoms with E-state index < -0.39 is 0 Å². The summed E-state index contributed by atoms with van der Waals surface area (Å²) in [5.74, 6) is 0. The van der Waals surface area contributed by atoms with Crippen LogP contribution in [0.2, 0.25) is 0 Å². The van der Waals surface area contributed by atoms with E-state index in [4.69, 9.17) is 0 Å². The van der Waals surface area contributed by atoms with Crippen molar-refractivity contribution in [2.24, 2.45) is 0 Å². The molecule has 0 atom stereocenters. The fraction of sp³-hybridized carbons (Fsp3) is 0. The summed E-state index contributed by atoms with van der Waals surface area (Å²) in [4.78, 5) is 2.38. The molecule has 0 saturated heterocycles. The molecule has 1 aromatic heterocycles. The molecule has 9 rings (SSSR count). The van der Waals surface area contributed by atoms with Crippen molar-refractivity contribution in [3.05, 3.63) is 200 Å². The fourth-order valence-electron chi connectivity index (χ4n) is 7.09. The molecule has 0 radical (unpaired) electrons. The third-order valence-corrected chi connectivity index (χ3v) is 10.7. The molecule has 0 unspecified atom stereocenters. The maximum atomic E-state index is 2.38. The van der Waals surface area contributed by atoms with Gasteiger partial charge in [-0.15, -0.1) is 11.3 Å². The number of hydrogen-bond donors (Lipinski definition) is 0. The molecule has 0 spiro atoms. The van der Waals surface area contributed by atoms with E-state index in [2.05, 4.69) is 205 Å². The normalized spacial score (nSPS) is 11.2. The van der Waals surface area contributed by atoms with E-state index in [-0.39, 0.29) is 0 Å². The molecule has 1 heterocycles. The van der Waals surface area contributed by atoms with E-state index in [9.17, 15) is 0 Å². The van der Waals surface area contributed by atoms with E-state index >= 15 is 0 Å². The number of hydrogen-bond acceptors (Lipinski definition) is 2. The fourth-order valence-corrected chi connectivity index (χ4v) is 8.23. The second-order valence-corrected chi connectivity index (χ2v) is 13.6. The van der Waals surface area contributed by atoms with Crippen LogP contribution in [0.3, 0.4) is 0 Å². The lowest BCUT2D eigenvalue weighted by Crippen LogP contribution is -2.09. The molecule has 0 fully saturated rings. The van der Waals surface area contributed by atoms with Crippen LogP contribution in [0, 0.1) is 0 Å². The molecule has 50 heavy (non-hydrogen) atoms. The molecule has 0 aliphatic heterocycles. The van der Waals surface area contributed by atoms with Gasteiger partial charge in [-0.05, 0) is 87.0 Å². The van der Waals surface area contributed by atoms with Gasteiger partial charge in [0.2, 0.25) is 0 Å². The molecule has 0 aliphatic rings. The summed E-state index contributed by atoms with van der Waals surface area (Å²) in [6.45, 7) is 0. The smallest absolute Gasteiger partial charge is 0.0476 e. The second-order valence-electron chi connectivity index (χ2n) is 12.5. The molecular weight excluding hydrogens is 623 g/mol. The highest BCUT2D eigenvalue weighted by molar-refractivity contribution is 7.25. The Labute approximate surface area is 297 Å². The highest BCUT2D eigenvalue weighted by Crippen LogP contribution is 2.42. The Hall–Kier alpha value is -6.22. The lowest BCUT2D eigenvalue weighted by molar-refractivity contribution is 1.29. The Bertz CT molecular complexity index is 2440. The second kappa shape index (κ2) is 13.0. The van der Waals surface area contributed by atoms with Crippen LogP contribution in [0.4, 0.5) is 17.1 Å². The van der Waals surface area contributed by atoms with Crippen LogP contribution < -0.4 is 4.90 Å². The molecule has 2 heteroatoms. The maximum absolute atomic E-state index is 2.38. The van der Waals surface area contributed by atoms with E-state index in [1.807, 2.05) is 11.3 Å². The standard InChI is InChI=1S/C48H33NS/c1-3-13-34(14-4-1)41-17-7-9-19-43(41)36-23-27-38(28-24-36)49(40-31-32-46-45-21-11-12-22-47(45)50-48(46)33-40)39-29-25-37(26-30-39)44-20-10-8-18-42(44)35-15-5-2-6-16-35/h1-33H. The minimum atomic E-state index is 1.11. The predicted octanol–water partition coefficient (Wildman–Crippen LogP) is 14.2. The van der Waals surface area contributed by atoms with Crippen LogP contribution in [-0.2, 0) is 0 Å². The third kappa shape index (κ3) is 5.56. The first-order valence-corrected chi connectivity index (χ1v) is 17.8. The molecule has 0 bridgehead atoms. The third-order valence-electron chi connectivity index (χ3n) is 9.52. The molecule has 0 aliphatic carbocycles. The number of thiophene rings is 1. The van der Waals surface area contributed by atoms with E-state index in [0.717, 1.165) is 17.1 Å². The van der Waals surface area contributed by atoms with Crippen molar-refractivity contribution in [1.29, 1.82) is 0 Å². The Morgan fingerprint density at radius 2 is 0.660 bits per heavy atom. The summed E-state index contributed by atoms with van der Waals surface area (Å²) < 4.78 is 2.60. The van der Waals surface area contributed by atoms with Gasteiger partial charge in [-0.25, -0.2) is 0 Å². The summed E-state index contributed by atoms with van der Waals surface area (Å²) >= 11 is 1.86. The average Bonchev–Trinajstić information content (AvgIpc) is 3.57. The first kappa shape index (κ1) is 29.9. The number of benzene rings is 8. The largest absolute Gasteiger partial charge is 0.310 e. The Morgan fingerprint density at radius 1 is 0.280 bits per heavy atom. The quantitative estimate of drug-likeness (QED) is 0.165. The van der Waals surface area contributed by atoms with Gasteiger partial charge in [0.1, 0.15) is 0 Å². The van der Waals surface area contributed by atoms with Gasteiger partial charge < -0.3 is 4.90 Å². The van der Waals surface area contributed by atoms with Gasteiger partial charge >= 0.3 is 0 Å². The molecule has 8 aromatic carbocycles. The Kier molecular flexibility index (Phi) is 7.77. The summed E-state index contributed by atoms with van der Waals surface area (Å²) in [6, 6.07) is 72.3. The van der Waals surface area contributed by atoms with Crippen molar-refractivity contribution < 1.29 is 0 Å². The van der Waals surface area contributed by atoms with Crippen molar-refractivity contribution in [2.45, 2.75) is 0 Å². The van der Waals surface area contributed by atoms with E-state index in [1.165, 1.54) is 64.7 Å². The SMILES string of the molecule is c1ccc(-c2ccccc2-c2ccc(N(c3ccc(-c4ccccc4-c4ccccc4)cc3)c3ccc4c(c3)sc3ccccc34)cc2)cc1. The number of nitrogens with zero attached hydrogens (tertiary/aromatic N) is 1. The van der Waals surface area contributed by atoms with Gasteiger partial charge in [0, 0.05) is 37.2 Å². The predicted molar refractivity (Wildman–Crippen MR) is 216 cm³/mol. The average molecular weight is 656 g/mol.